The second-order valence-electron chi connectivity index (χ2n) is 1.44. The standard InChI is InChI=1S/5BO3.Li/c5*2-1(3)4;/q5*-3;+1. The second kappa shape index (κ2) is 32.3. The second-order valence-corrected chi connectivity index (χ2v) is 1.44. The van der Waals surface area contributed by atoms with Gasteiger partial charge in [0.15, 0.2) is 0 Å². The van der Waals surface area contributed by atoms with Gasteiger partial charge in [-0.1, -0.05) is 0 Å². The first-order chi connectivity index (χ1) is 8.66. The Labute approximate surface area is 131 Å². The van der Waals surface area contributed by atoms with Gasteiger partial charge in [0.25, 0.3) is 0 Å². The Morgan fingerprint density at radius 2 is 0.238 bits per heavy atom. The molecule has 0 N–H and O–H groups in total. The first-order valence-corrected chi connectivity index (χ1v) is 3.54. The Morgan fingerprint density at radius 1 is 0.238 bits per heavy atom. The summed E-state index contributed by atoms with van der Waals surface area (Å²) in [7, 11) is -14.6. The van der Waals surface area contributed by atoms with E-state index in [1.54, 1.807) is 0 Å². The minimum absolute atomic E-state index is 0. The summed E-state index contributed by atoms with van der Waals surface area (Å²) in [4.78, 5) is 0. The van der Waals surface area contributed by atoms with Crippen molar-refractivity contribution in [3.8, 4) is 0 Å². The molecule has 0 aliphatic rings. The van der Waals surface area contributed by atoms with E-state index in [0.29, 0.717) is 0 Å². The van der Waals surface area contributed by atoms with Crippen molar-refractivity contribution in [1.29, 1.82) is 0 Å². The monoisotopic (exact) mass is 302 g/mol. The molecule has 0 spiro atoms. The van der Waals surface area contributed by atoms with Crippen molar-refractivity contribution in [2.75, 3.05) is 0 Å². The molecule has 21 heavy (non-hydrogen) atoms. The Balaban J connectivity index is -0.0000000331. The number of hydrogen-bond acceptors (Lipinski definition) is 15. The van der Waals surface area contributed by atoms with Crippen LogP contribution in [0.25, 0.3) is 0 Å². The molecular weight excluding hydrogens is 301 g/mol. The van der Waals surface area contributed by atoms with Crippen LogP contribution in [0.4, 0.5) is 0 Å². The average molecular weight is 301 g/mol. The van der Waals surface area contributed by atoms with E-state index >= 15 is 0 Å². The minimum Gasteiger partial charge on any atom is -0.907 e. The maximum atomic E-state index is 8.42. The van der Waals surface area contributed by atoms with Crippen LogP contribution in [-0.2, 0) is 0 Å². The molecule has 0 unspecified atom stereocenters. The van der Waals surface area contributed by atoms with Gasteiger partial charge in [-0.3, -0.25) is 36.6 Å². The Bertz CT molecular complexity index is 80.6. The van der Waals surface area contributed by atoms with Crippen molar-refractivity contribution in [3.63, 3.8) is 0 Å². The molecule has 0 radical (unpaired) electrons. The Hall–Kier alpha value is 0.322. The molecule has 0 saturated heterocycles. The van der Waals surface area contributed by atoms with Crippen LogP contribution in [0.15, 0.2) is 0 Å². The van der Waals surface area contributed by atoms with E-state index in [9.17, 15) is 0 Å². The van der Waals surface area contributed by atoms with E-state index in [-0.39, 0.29) is 18.9 Å². The molecule has 0 aliphatic heterocycles. The smallest absolute Gasteiger partial charge is 0.907 e. The van der Waals surface area contributed by atoms with Crippen molar-refractivity contribution in [3.05, 3.63) is 0 Å². The summed E-state index contributed by atoms with van der Waals surface area (Å²) in [5.74, 6) is 0. The molecule has 15 nitrogen and oxygen atoms in total. The minimum atomic E-state index is -2.92. The summed E-state index contributed by atoms with van der Waals surface area (Å²) in [6.45, 7) is 0. The molecule has 0 aromatic heterocycles. The molecule has 0 atom stereocenters. The Morgan fingerprint density at radius 3 is 0.238 bits per heavy atom. The van der Waals surface area contributed by atoms with E-state index < -0.39 is 36.6 Å². The third-order valence-corrected chi connectivity index (χ3v) is 0. The molecule has 0 aromatic carbocycles. The number of rotatable bonds is 0. The van der Waals surface area contributed by atoms with Crippen LogP contribution in [0.2, 0.25) is 0 Å². The predicted octanol–water partition coefficient (Wildman–Crippen LogP) is -22.7. The van der Waals surface area contributed by atoms with Crippen LogP contribution in [0.3, 0.4) is 0 Å². The summed E-state index contributed by atoms with van der Waals surface area (Å²) in [5.41, 5.74) is 0. The zero-order valence-electron chi connectivity index (χ0n) is 10.0. The van der Waals surface area contributed by atoms with Gasteiger partial charge in [0, 0.05) is 0 Å². The van der Waals surface area contributed by atoms with Crippen LogP contribution >= 0.6 is 0 Å². The molecule has 0 aliphatic carbocycles. The molecule has 0 bridgehead atoms. The fourth-order valence-electron chi connectivity index (χ4n) is 0. The Kier molecular flexibility index (Phi) is 57.7. The third kappa shape index (κ3) is 65800. The maximum Gasteiger partial charge on any atom is 1.00 e. The summed E-state index contributed by atoms with van der Waals surface area (Å²) in [6, 6.07) is 0. The molecule has 120 valence electrons. The number of hydrogen-bond donors (Lipinski definition) is 0. The fraction of sp³-hybridized carbons (Fsp3) is 0. The van der Waals surface area contributed by atoms with Crippen molar-refractivity contribution in [2.24, 2.45) is 0 Å². The van der Waals surface area contributed by atoms with Crippen molar-refractivity contribution in [2.45, 2.75) is 0 Å². The zero-order chi connectivity index (χ0) is 17.9. The molecule has 21 heteroatoms. The topological polar surface area (TPSA) is 346 Å². The molecule has 0 heterocycles. The summed E-state index contributed by atoms with van der Waals surface area (Å²) in [6.07, 6.45) is 0. The SMILES string of the molecule is [Li+].[O-]B([O-])[O-].[O-]B([O-])[O-].[O-]B([O-])[O-].[O-]B([O-])[O-].[O-]B([O-])[O-]. The quantitative estimate of drug-likeness (QED) is 0.374. The third-order valence-electron chi connectivity index (χ3n) is 0. The largest absolute Gasteiger partial charge is 1.00 e. The normalized spacial score (nSPS) is 6.43. The van der Waals surface area contributed by atoms with Gasteiger partial charge >= 0.3 is 18.9 Å². The van der Waals surface area contributed by atoms with Gasteiger partial charge in [0.05, 0.1) is 0 Å². The van der Waals surface area contributed by atoms with E-state index in [1.807, 2.05) is 0 Å². The van der Waals surface area contributed by atoms with Crippen LogP contribution in [0.5, 0.6) is 0 Å². The van der Waals surface area contributed by atoms with Gasteiger partial charge in [0.1, 0.15) is 0 Å². The average Bonchev–Trinajstić information content (AvgIpc) is 1.94. The van der Waals surface area contributed by atoms with Gasteiger partial charge in [-0.2, -0.15) is 0 Å². The summed E-state index contributed by atoms with van der Waals surface area (Å²) in [5, 5.41) is 126. The first kappa shape index (κ1) is 37.5. The first-order valence-electron chi connectivity index (χ1n) is 3.54. The summed E-state index contributed by atoms with van der Waals surface area (Å²) >= 11 is 0. The molecule has 0 amide bonds. The van der Waals surface area contributed by atoms with Crippen LogP contribution in [-0.4, -0.2) is 36.6 Å². The molecule has 0 rings (SSSR count). The summed E-state index contributed by atoms with van der Waals surface area (Å²) < 4.78 is 0. The van der Waals surface area contributed by atoms with E-state index in [2.05, 4.69) is 0 Å². The fourth-order valence-corrected chi connectivity index (χ4v) is 0. The van der Waals surface area contributed by atoms with Crippen molar-refractivity contribution < 1.29 is 94.2 Å². The molecule has 0 fully saturated rings. The van der Waals surface area contributed by atoms with Gasteiger partial charge < -0.3 is 75.4 Å². The van der Waals surface area contributed by atoms with Crippen molar-refractivity contribution in [1.82, 2.24) is 0 Å². The molecule has 0 saturated carbocycles. The van der Waals surface area contributed by atoms with Gasteiger partial charge in [-0.25, -0.2) is 0 Å². The van der Waals surface area contributed by atoms with Gasteiger partial charge in [-0.15, -0.1) is 0 Å². The van der Waals surface area contributed by atoms with Crippen molar-refractivity contribution >= 4 is 36.6 Å². The molecular formula is B5LiO15-14. The van der Waals surface area contributed by atoms with Crippen LogP contribution in [0, 0.1) is 0 Å². The van der Waals surface area contributed by atoms with Gasteiger partial charge in [0.2, 0.25) is 0 Å². The van der Waals surface area contributed by atoms with Crippen LogP contribution in [0.1, 0.15) is 0 Å². The van der Waals surface area contributed by atoms with E-state index in [1.165, 1.54) is 0 Å². The van der Waals surface area contributed by atoms with Crippen LogP contribution < -0.4 is 94.2 Å². The predicted molar refractivity (Wildman–Crippen MR) is 28.8 cm³/mol. The molecule has 0 aromatic rings. The maximum absolute atomic E-state index is 8.42. The van der Waals surface area contributed by atoms with Gasteiger partial charge in [-0.05, 0) is 0 Å². The van der Waals surface area contributed by atoms with E-state index in [0.717, 1.165) is 0 Å². The van der Waals surface area contributed by atoms with E-state index in [4.69, 9.17) is 75.4 Å². The zero-order valence-corrected chi connectivity index (χ0v) is 10.0.